The average molecular weight is 220 g/mol. The fourth-order valence-electron chi connectivity index (χ4n) is 1.93. The van der Waals surface area contributed by atoms with Crippen LogP contribution in [0.15, 0.2) is 18.2 Å². The molecule has 0 saturated heterocycles. The van der Waals surface area contributed by atoms with Crippen molar-refractivity contribution >= 4 is 0 Å². The maximum absolute atomic E-state index is 9.66. The molecule has 1 heteroatoms. The maximum Gasteiger partial charge on any atom is 0.118 e. The van der Waals surface area contributed by atoms with Crippen LogP contribution >= 0.6 is 0 Å². The van der Waals surface area contributed by atoms with Crippen LogP contribution in [0.5, 0.6) is 5.75 Å². The first-order valence-corrected chi connectivity index (χ1v) is 6.30. The Morgan fingerprint density at radius 1 is 1.12 bits per heavy atom. The summed E-state index contributed by atoms with van der Waals surface area (Å²) in [5.41, 5.74) is 2.21. The fourth-order valence-corrected chi connectivity index (χ4v) is 1.93. The minimum atomic E-state index is 0.424. The minimum Gasteiger partial charge on any atom is -0.508 e. The zero-order valence-corrected chi connectivity index (χ0v) is 11.0. The van der Waals surface area contributed by atoms with Gasteiger partial charge < -0.3 is 5.11 Å². The zero-order valence-electron chi connectivity index (χ0n) is 11.0. The fraction of sp³-hybridized carbons (Fsp3) is 0.600. The molecule has 90 valence electrons. The summed E-state index contributed by atoms with van der Waals surface area (Å²) in [6, 6.07) is 6.05. The van der Waals surface area contributed by atoms with E-state index in [0.717, 1.165) is 11.5 Å². The van der Waals surface area contributed by atoms with E-state index in [1.165, 1.54) is 24.8 Å². The van der Waals surface area contributed by atoms with Crippen molar-refractivity contribution in [3.63, 3.8) is 0 Å². The largest absolute Gasteiger partial charge is 0.508 e. The lowest BCUT2D eigenvalue weighted by Crippen LogP contribution is -1.96. The molecule has 1 unspecified atom stereocenters. The van der Waals surface area contributed by atoms with Gasteiger partial charge in [-0.2, -0.15) is 0 Å². The third-order valence-electron chi connectivity index (χ3n) is 3.22. The normalized spacial score (nSPS) is 13.1. The van der Waals surface area contributed by atoms with Gasteiger partial charge in [0.2, 0.25) is 0 Å². The Morgan fingerprint density at radius 3 is 2.38 bits per heavy atom. The highest BCUT2D eigenvalue weighted by Crippen LogP contribution is 2.27. The number of phenols is 1. The van der Waals surface area contributed by atoms with Crippen LogP contribution in [0.25, 0.3) is 0 Å². The third kappa shape index (κ3) is 3.88. The SMILES string of the molecule is Cc1ccc(C(C)CCCC(C)C)cc1O. The Balaban J connectivity index is 2.52. The lowest BCUT2D eigenvalue weighted by molar-refractivity contribution is 0.468. The number of aromatic hydroxyl groups is 1. The molecule has 0 heterocycles. The van der Waals surface area contributed by atoms with Crippen molar-refractivity contribution < 1.29 is 5.11 Å². The van der Waals surface area contributed by atoms with E-state index in [2.05, 4.69) is 26.8 Å². The Hall–Kier alpha value is -0.980. The van der Waals surface area contributed by atoms with Crippen molar-refractivity contribution in [2.24, 2.45) is 5.92 Å². The van der Waals surface area contributed by atoms with Gasteiger partial charge in [-0.15, -0.1) is 0 Å². The number of benzene rings is 1. The van der Waals surface area contributed by atoms with Gasteiger partial charge in [0, 0.05) is 0 Å². The highest BCUT2D eigenvalue weighted by atomic mass is 16.3. The zero-order chi connectivity index (χ0) is 12.1. The second-order valence-corrected chi connectivity index (χ2v) is 5.27. The molecule has 1 nitrogen and oxygen atoms in total. The molecule has 1 N–H and O–H groups in total. The van der Waals surface area contributed by atoms with Crippen LogP contribution in [0.4, 0.5) is 0 Å². The summed E-state index contributed by atoms with van der Waals surface area (Å²) in [4.78, 5) is 0. The molecule has 1 aromatic rings. The molecule has 16 heavy (non-hydrogen) atoms. The highest BCUT2D eigenvalue weighted by molar-refractivity contribution is 5.36. The predicted molar refractivity (Wildman–Crippen MR) is 69.9 cm³/mol. The number of phenolic OH excluding ortho intramolecular Hbond substituents is 1. The summed E-state index contributed by atoms with van der Waals surface area (Å²) >= 11 is 0. The molecule has 1 rings (SSSR count). The average Bonchev–Trinajstić information content (AvgIpc) is 2.21. The summed E-state index contributed by atoms with van der Waals surface area (Å²) in [6.07, 6.45) is 3.77. The van der Waals surface area contributed by atoms with Gasteiger partial charge in [-0.3, -0.25) is 0 Å². The summed E-state index contributed by atoms with van der Waals surface area (Å²) in [5, 5.41) is 9.66. The van der Waals surface area contributed by atoms with E-state index in [9.17, 15) is 5.11 Å². The van der Waals surface area contributed by atoms with Crippen LogP contribution < -0.4 is 0 Å². The molecule has 0 fully saturated rings. The predicted octanol–water partition coefficient (Wildman–Crippen LogP) is 4.63. The lowest BCUT2D eigenvalue weighted by Gasteiger charge is -2.13. The Labute approximate surface area is 99.5 Å². The van der Waals surface area contributed by atoms with Gasteiger partial charge in [-0.05, 0) is 42.4 Å². The Morgan fingerprint density at radius 2 is 1.81 bits per heavy atom. The molecule has 1 atom stereocenters. The molecule has 0 spiro atoms. The number of hydrogen-bond donors (Lipinski definition) is 1. The molecule has 0 aromatic heterocycles. The van der Waals surface area contributed by atoms with Crippen molar-refractivity contribution in [2.75, 3.05) is 0 Å². The monoisotopic (exact) mass is 220 g/mol. The Bertz CT molecular complexity index is 328. The molecule has 0 aliphatic rings. The van der Waals surface area contributed by atoms with E-state index >= 15 is 0 Å². The van der Waals surface area contributed by atoms with Gasteiger partial charge in [-0.25, -0.2) is 0 Å². The van der Waals surface area contributed by atoms with Gasteiger partial charge in [0.05, 0.1) is 0 Å². The molecule has 0 amide bonds. The van der Waals surface area contributed by atoms with E-state index in [1.54, 1.807) is 0 Å². The molecule has 0 aliphatic carbocycles. The molecule has 0 radical (unpaired) electrons. The van der Waals surface area contributed by atoms with Crippen LogP contribution in [-0.2, 0) is 0 Å². The molecule has 0 saturated carbocycles. The maximum atomic E-state index is 9.66. The third-order valence-corrected chi connectivity index (χ3v) is 3.22. The van der Waals surface area contributed by atoms with Crippen molar-refractivity contribution in [3.8, 4) is 5.75 Å². The van der Waals surface area contributed by atoms with Crippen molar-refractivity contribution in [1.82, 2.24) is 0 Å². The second-order valence-electron chi connectivity index (χ2n) is 5.27. The van der Waals surface area contributed by atoms with E-state index in [4.69, 9.17) is 0 Å². The summed E-state index contributed by atoms with van der Waals surface area (Å²) in [6.45, 7) is 8.71. The first-order chi connectivity index (χ1) is 7.50. The highest BCUT2D eigenvalue weighted by Gasteiger charge is 2.07. The minimum absolute atomic E-state index is 0.424. The van der Waals surface area contributed by atoms with Gasteiger partial charge in [0.15, 0.2) is 0 Å². The van der Waals surface area contributed by atoms with E-state index < -0.39 is 0 Å². The van der Waals surface area contributed by atoms with E-state index in [-0.39, 0.29) is 0 Å². The van der Waals surface area contributed by atoms with Crippen LogP contribution in [0.3, 0.4) is 0 Å². The van der Waals surface area contributed by atoms with Gasteiger partial charge in [0.1, 0.15) is 5.75 Å². The Kier molecular flexibility index (Phi) is 4.85. The summed E-state index contributed by atoms with van der Waals surface area (Å²) in [7, 11) is 0. The second kappa shape index (κ2) is 5.93. The lowest BCUT2D eigenvalue weighted by atomic mass is 9.93. The van der Waals surface area contributed by atoms with E-state index in [0.29, 0.717) is 11.7 Å². The van der Waals surface area contributed by atoms with Gasteiger partial charge >= 0.3 is 0 Å². The van der Waals surface area contributed by atoms with Crippen LogP contribution in [0.1, 0.15) is 57.1 Å². The van der Waals surface area contributed by atoms with Crippen LogP contribution in [0.2, 0.25) is 0 Å². The molecule has 0 aliphatic heterocycles. The van der Waals surface area contributed by atoms with Crippen LogP contribution in [0, 0.1) is 12.8 Å². The topological polar surface area (TPSA) is 20.2 Å². The molecular formula is C15H24O. The van der Waals surface area contributed by atoms with Crippen molar-refractivity contribution in [1.29, 1.82) is 0 Å². The van der Waals surface area contributed by atoms with Gasteiger partial charge in [-0.1, -0.05) is 45.7 Å². The first kappa shape index (κ1) is 13.1. The number of rotatable bonds is 5. The van der Waals surface area contributed by atoms with Crippen molar-refractivity contribution in [2.45, 2.75) is 52.9 Å². The molecule has 1 aromatic carbocycles. The quantitative estimate of drug-likeness (QED) is 0.767. The van der Waals surface area contributed by atoms with Gasteiger partial charge in [0.25, 0.3) is 0 Å². The molecule has 0 bridgehead atoms. The smallest absolute Gasteiger partial charge is 0.118 e. The number of aryl methyl sites for hydroxylation is 1. The standard InChI is InChI=1S/C15H24O/c1-11(2)6-5-7-12(3)14-9-8-13(4)15(16)10-14/h8-12,16H,5-7H2,1-4H3. The first-order valence-electron chi connectivity index (χ1n) is 6.30. The molecular weight excluding hydrogens is 196 g/mol. The number of hydrogen-bond acceptors (Lipinski definition) is 1. The van der Waals surface area contributed by atoms with Crippen LogP contribution in [-0.4, -0.2) is 5.11 Å². The summed E-state index contributed by atoms with van der Waals surface area (Å²) in [5.74, 6) is 1.76. The summed E-state index contributed by atoms with van der Waals surface area (Å²) < 4.78 is 0. The van der Waals surface area contributed by atoms with Crippen molar-refractivity contribution in [3.05, 3.63) is 29.3 Å². The van der Waals surface area contributed by atoms with E-state index in [1.807, 2.05) is 19.1 Å².